The second kappa shape index (κ2) is 8.87. The van der Waals surface area contributed by atoms with Crippen LogP contribution in [0, 0.1) is 6.92 Å². The molecule has 0 spiro atoms. The number of rotatable bonds is 7. The largest absolute Gasteiger partial charge is 0.334 e. The predicted octanol–water partition coefficient (Wildman–Crippen LogP) is 3.41. The quantitative estimate of drug-likeness (QED) is 0.848. The van der Waals surface area contributed by atoms with Gasteiger partial charge in [0.15, 0.2) is 0 Å². The molecule has 0 bridgehead atoms. The number of amides is 2. The molecule has 0 unspecified atom stereocenters. The third kappa shape index (κ3) is 5.88. The molecule has 0 atom stereocenters. The van der Waals surface area contributed by atoms with Crippen molar-refractivity contribution < 1.29 is 9.59 Å². The Kier molecular flexibility index (Phi) is 6.55. The minimum Gasteiger partial charge on any atom is -0.334 e. The lowest BCUT2D eigenvalue weighted by Gasteiger charge is -2.20. The van der Waals surface area contributed by atoms with Crippen molar-refractivity contribution in [2.45, 2.75) is 26.7 Å². The average Bonchev–Trinajstić information content (AvgIpc) is 2.57. The van der Waals surface area contributed by atoms with E-state index in [9.17, 15) is 9.59 Å². The summed E-state index contributed by atoms with van der Waals surface area (Å²) < 4.78 is 0. The van der Waals surface area contributed by atoms with E-state index in [0.717, 1.165) is 24.1 Å². The first-order chi connectivity index (χ1) is 11.5. The molecule has 1 N–H and O–H groups in total. The zero-order valence-electron chi connectivity index (χ0n) is 14.3. The SMILES string of the molecule is CC(=O)N(CCCc1ccccc1)CC(=O)Nc1ccc(C)cc1. The molecule has 0 aliphatic heterocycles. The molecule has 4 nitrogen and oxygen atoms in total. The van der Waals surface area contributed by atoms with Crippen LogP contribution in [0.2, 0.25) is 0 Å². The van der Waals surface area contributed by atoms with Crippen LogP contribution in [-0.2, 0) is 16.0 Å². The highest BCUT2D eigenvalue weighted by Crippen LogP contribution is 2.09. The Hall–Kier alpha value is -2.62. The Morgan fingerprint density at radius 2 is 1.67 bits per heavy atom. The van der Waals surface area contributed by atoms with Crippen molar-refractivity contribution in [3.63, 3.8) is 0 Å². The molecule has 0 fully saturated rings. The van der Waals surface area contributed by atoms with Gasteiger partial charge in [-0.1, -0.05) is 48.0 Å². The molecule has 126 valence electrons. The van der Waals surface area contributed by atoms with Gasteiger partial charge in [-0.05, 0) is 37.5 Å². The van der Waals surface area contributed by atoms with E-state index in [-0.39, 0.29) is 18.4 Å². The molecule has 2 amide bonds. The lowest BCUT2D eigenvalue weighted by Crippen LogP contribution is -2.37. The van der Waals surface area contributed by atoms with Gasteiger partial charge in [-0.25, -0.2) is 0 Å². The third-order valence-corrected chi connectivity index (χ3v) is 3.85. The molecule has 24 heavy (non-hydrogen) atoms. The molecule has 0 aliphatic rings. The molecule has 0 aromatic heterocycles. The van der Waals surface area contributed by atoms with E-state index < -0.39 is 0 Å². The number of aryl methyl sites for hydroxylation is 2. The van der Waals surface area contributed by atoms with Gasteiger partial charge in [0.05, 0.1) is 6.54 Å². The Balaban J connectivity index is 1.82. The fraction of sp³-hybridized carbons (Fsp3) is 0.300. The van der Waals surface area contributed by atoms with Crippen molar-refractivity contribution in [1.29, 1.82) is 0 Å². The molecular weight excluding hydrogens is 300 g/mol. The third-order valence-electron chi connectivity index (χ3n) is 3.85. The second-order valence-corrected chi connectivity index (χ2v) is 5.94. The van der Waals surface area contributed by atoms with E-state index in [2.05, 4.69) is 17.4 Å². The summed E-state index contributed by atoms with van der Waals surface area (Å²) in [6.07, 6.45) is 1.73. The van der Waals surface area contributed by atoms with Crippen LogP contribution < -0.4 is 5.32 Å². The van der Waals surface area contributed by atoms with Gasteiger partial charge in [-0.3, -0.25) is 9.59 Å². The van der Waals surface area contributed by atoms with Crippen molar-refractivity contribution in [2.24, 2.45) is 0 Å². The number of carbonyl (C=O) groups is 2. The van der Waals surface area contributed by atoms with E-state index in [0.29, 0.717) is 6.54 Å². The van der Waals surface area contributed by atoms with Gasteiger partial charge in [0.25, 0.3) is 0 Å². The summed E-state index contributed by atoms with van der Waals surface area (Å²) in [5, 5.41) is 2.83. The van der Waals surface area contributed by atoms with Crippen LogP contribution in [0.3, 0.4) is 0 Å². The van der Waals surface area contributed by atoms with Crippen LogP contribution in [0.4, 0.5) is 5.69 Å². The number of nitrogens with zero attached hydrogens (tertiary/aromatic N) is 1. The van der Waals surface area contributed by atoms with Gasteiger partial charge in [0, 0.05) is 19.2 Å². The van der Waals surface area contributed by atoms with Gasteiger partial charge in [-0.2, -0.15) is 0 Å². The summed E-state index contributed by atoms with van der Waals surface area (Å²) in [4.78, 5) is 25.5. The maximum atomic E-state index is 12.1. The lowest BCUT2D eigenvalue weighted by atomic mass is 10.1. The highest BCUT2D eigenvalue weighted by molar-refractivity contribution is 5.94. The molecule has 0 heterocycles. The number of anilines is 1. The highest BCUT2D eigenvalue weighted by atomic mass is 16.2. The van der Waals surface area contributed by atoms with Gasteiger partial charge < -0.3 is 10.2 Å². The Morgan fingerprint density at radius 1 is 1.00 bits per heavy atom. The summed E-state index contributed by atoms with van der Waals surface area (Å²) in [5.41, 5.74) is 3.13. The maximum Gasteiger partial charge on any atom is 0.243 e. The summed E-state index contributed by atoms with van der Waals surface area (Å²) in [6, 6.07) is 17.8. The normalized spacial score (nSPS) is 10.2. The van der Waals surface area contributed by atoms with Crippen molar-refractivity contribution in [3.05, 3.63) is 65.7 Å². The van der Waals surface area contributed by atoms with Gasteiger partial charge in [-0.15, -0.1) is 0 Å². The van der Waals surface area contributed by atoms with Crippen molar-refractivity contribution in [2.75, 3.05) is 18.4 Å². The lowest BCUT2D eigenvalue weighted by molar-refractivity contribution is -0.132. The van der Waals surface area contributed by atoms with E-state index >= 15 is 0 Å². The van der Waals surface area contributed by atoms with Crippen LogP contribution in [0.15, 0.2) is 54.6 Å². The maximum absolute atomic E-state index is 12.1. The summed E-state index contributed by atoms with van der Waals surface area (Å²) in [7, 11) is 0. The molecule has 4 heteroatoms. The van der Waals surface area contributed by atoms with E-state index in [1.54, 1.807) is 4.90 Å². The number of carbonyl (C=O) groups excluding carboxylic acids is 2. The number of hydrogen-bond donors (Lipinski definition) is 1. The molecule has 2 aromatic rings. The van der Waals surface area contributed by atoms with E-state index in [1.807, 2.05) is 49.4 Å². The minimum absolute atomic E-state index is 0.0813. The fourth-order valence-electron chi connectivity index (χ4n) is 2.48. The van der Waals surface area contributed by atoms with E-state index in [4.69, 9.17) is 0 Å². The van der Waals surface area contributed by atoms with Gasteiger partial charge in [0.2, 0.25) is 11.8 Å². The van der Waals surface area contributed by atoms with Crippen molar-refractivity contribution in [3.8, 4) is 0 Å². The predicted molar refractivity (Wildman–Crippen MR) is 96.8 cm³/mol. The molecule has 0 aliphatic carbocycles. The average molecular weight is 324 g/mol. The smallest absolute Gasteiger partial charge is 0.243 e. The topological polar surface area (TPSA) is 49.4 Å². The van der Waals surface area contributed by atoms with Gasteiger partial charge >= 0.3 is 0 Å². The summed E-state index contributed by atoms with van der Waals surface area (Å²) in [5.74, 6) is -0.254. The Labute approximate surface area is 143 Å². The first-order valence-corrected chi connectivity index (χ1v) is 8.20. The Morgan fingerprint density at radius 3 is 2.29 bits per heavy atom. The van der Waals surface area contributed by atoms with Crippen LogP contribution in [0.5, 0.6) is 0 Å². The molecule has 0 radical (unpaired) electrons. The van der Waals surface area contributed by atoms with Crippen molar-refractivity contribution >= 4 is 17.5 Å². The summed E-state index contributed by atoms with van der Waals surface area (Å²) >= 11 is 0. The molecule has 2 aromatic carbocycles. The van der Waals surface area contributed by atoms with Gasteiger partial charge in [0.1, 0.15) is 0 Å². The second-order valence-electron chi connectivity index (χ2n) is 5.94. The fourth-order valence-corrected chi connectivity index (χ4v) is 2.48. The zero-order chi connectivity index (χ0) is 17.4. The standard InChI is InChI=1S/C20H24N2O2/c1-16-10-12-19(13-11-16)21-20(24)15-22(17(2)23)14-6-9-18-7-4-3-5-8-18/h3-5,7-8,10-13H,6,9,14-15H2,1-2H3,(H,21,24). The van der Waals surface area contributed by atoms with Crippen LogP contribution in [-0.4, -0.2) is 29.8 Å². The first-order valence-electron chi connectivity index (χ1n) is 8.20. The number of nitrogens with one attached hydrogen (secondary N) is 1. The molecule has 0 saturated carbocycles. The minimum atomic E-state index is -0.172. The van der Waals surface area contributed by atoms with Crippen LogP contribution >= 0.6 is 0 Å². The molecular formula is C20H24N2O2. The Bertz CT molecular complexity index is 666. The van der Waals surface area contributed by atoms with Crippen molar-refractivity contribution in [1.82, 2.24) is 4.90 Å². The molecule has 0 saturated heterocycles. The summed E-state index contributed by atoms with van der Waals surface area (Å²) in [6.45, 7) is 4.15. The first kappa shape index (κ1) is 17.7. The number of hydrogen-bond acceptors (Lipinski definition) is 2. The molecule has 2 rings (SSSR count). The monoisotopic (exact) mass is 324 g/mol. The zero-order valence-corrected chi connectivity index (χ0v) is 14.3. The van der Waals surface area contributed by atoms with Crippen LogP contribution in [0.25, 0.3) is 0 Å². The highest BCUT2D eigenvalue weighted by Gasteiger charge is 2.13. The van der Waals surface area contributed by atoms with E-state index in [1.165, 1.54) is 12.5 Å². The number of benzene rings is 2. The van der Waals surface area contributed by atoms with Crippen LogP contribution in [0.1, 0.15) is 24.5 Å².